The van der Waals surface area contributed by atoms with Gasteiger partial charge in [0.2, 0.25) is 0 Å². The lowest BCUT2D eigenvalue weighted by Gasteiger charge is -2.12. The van der Waals surface area contributed by atoms with Gasteiger partial charge in [0.05, 0.1) is 18.3 Å². The largest absolute Gasteiger partial charge is 0.345 e. The topological polar surface area (TPSA) is 22.8 Å². The average molecular weight is 259 g/mol. The second-order valence-electron chi connectivity index (χ2n) is 5.41. The van der Waals surface area contributed by atoms with Gasteiger partial charge in [-0.3, -0.25) is 4.68 Å². The SMILES string of the molecule is CCC(CC)n1ccc(Cn2cc(C)c(C)c2C)n1. The quantitative estimate of drug-likeness (QED) is 0.795. The smallest absolute Gasteiger partial charge is 0.0821 e. The Labute approximate surface area is 116 Å². The van der Waals surface area contributed by atoms with Gasteiger partial charge in [0.25, 0.3) is 0 Å². The lowest BCUT2D eigenvalue weighted by atomic mass is 10.2. The van der Waals surface area contributed by atoms with Crippen LogP contribution >= 0.6 is 0 Å². The van der Waals surface area contributed by atoms with Gasteiger partial charge in [-0.2, -0.15) is 5.10 Å². The van der Waals surface area contributed by atoms with E-state index in [2.05, 4.69) is 62.3 Å². The summed E-state index contributed by atoms with van der Waals surface area (Å²) in [5.41, 5.74) is 5.23. The van der Waals surface area contributed by atoms with Crippen molar-refractivity contribution >= 4 is 0 Å². The summed E-state index contributed by atoms with van der Waals surface area (Å²) < 4.78 is 4.41. The summed E-state index contributed by atoms with van der Waals surface area (Å²) >= 11 is 0. The Bertz CT molecular complexity index is 544. The van der Waals surface area contributed by atoms with Crippen LogP contribution in [0.4, 0.5) is 0 Å². The van der Waals surface area contributed by atoms with Crippen LogP contribution in [0.15, 0.2) is 18.5 Å². The number of hydrogen-bond acceptors (Lipinski definition) is 1. The Morgan fingerprint density at radius 2 is 1.84 bits per heavy atom. The molecule has 2 heterocycles. The van der Waals surface area contributed by atoms with Crippen LogP contribution in [-0.4, -0.2) is 14.3 Å². The molecule has 0 unspecified atom stereocenters. The molecule has 2 rings (SSSR count). The first kappa shape index (κ1) is 13.9. The highest BCUT2D eigenvalue weighted by atomic mass is 15.3. The molecule has 2 aromatic heterocycles. The van der Waals surface area contributed by atoms with Gasteiger partial charge in [0, 0.05) is 18.1 Å². The van der Waals surface area contributed by atoms with Gasteiger partial charge in [0.1, 0.15) is 0 Å². The standard InChI is InChI=1S/C16H25N3/c1-6-16(7-2)19-9-8-15(17-19)11-18-10-12(3)13(4)14(18)5/h8-10,16H,6-7,11H2,1-5H3. The van der Waals surface area contributed by atoms with E-state index in [-0.39, 0.29) is 0 Å². The van der Waals surface area contributed by atoms with Crippen LogP contribution in [0.25, 0.3) is 0 Å². The molecule has 0 saturated carbocycles. The molecule has 2 aromatic rings. The fourth-order valence-corrected chi connectivity index (χ4v) is 2.59. The van der Waals surface area contributed by atoms with Crippen LogP contribution in [0.1, 0.15) is 55.2 Å². The van der Waals surface area contributed by atoms with Gasteiger partial charge < -0.3 is 4.57 Å². The van der Waals surface area contributed by atoms with Crippen LogP contribution in [-0.2, 0) is 6.54 Å². The Hall–Kier alpha value is -1.51. The molecule has 19 heavy (non-hydrogen) atoms. The van der Waals surface area contributed by atoms with E-state index >= 15 is 0 Å². The van der Waals surface area contributed by atoms with Crippen LogP contribution in [0, 0.1) is 20.8 Å². The van der Waals surface area contributed by atoms with Crippen molar-refractivity contribution in [1.29, 1.82) is 0 Å². The van der Waals surface area contributed by atoms with Gasteiger partial charge in [0.15, 0.2) is 0 Å². The minimum Gasteiger partial charge on any atom is -0.345 e. The minimum absolute atomic E-state index is 0.531. The lowest BCUT2D eigenvalue weighted by molar-refractivity contribution is 0.424. The van der Waals surface area contributed by atoms with Crippen molar-refractivity contribution in [3.05, 3.63) is 41.0 Å². The zero-order valence-electron chi connectivity index (χ0n) is 12.8. The minimum atomic E-state index is 0.531. The van der Waals surface area contributed by atoms with Crippen molar-refractivity contribution < 1.29 is 0 Å². The molecule has 3 nitrogen and oxygen atoms in total. The first-order chi connectivity index (χ1) is 9.06. The molecule has 0 bridgehead atoms. The van der Waals surface area contributed by atoms with Crippen molar-refractivity contribution in [2.75, 3.05) is 0 Å². The van der Waals surface area contributed by atoms with Gasteiger partial charge in [-0.15, -0.1) is 0 Å². The van der Waals surface area contributed by atoms with Gasteiger partial charge in [-0.1, -0.05) is 13.8 Å². The van der Waals surface area contributed by atoms with Crippen LogP contribution in [0.3, 0.4) is 0 Å². The number of rotatable bonds is 5. The molecule has 0 saturated heterocycles. The first-order valence-corrected chi connectivity index (χ1v) is 7.23. The van der Waals surface area contributed by atoms with Crippen molar-refractivity contribution in [2.24, 2.45) is 0 Å². The number of aromatic nitrogens is 3. The molecule has 0 aliphatic rings. The molecule has 104 valence electrons. The third-order valence-corrected chi connectivity index (χ3v) is 4.23. The molecule has 3 heteroatoms. The predicted molar refractivity (Wildman–Crippen MR) is 79.6 cm³/mol. The Kier molecular flexibility index (Phi) is 4.13. The zero-order valence-corrected chi connectivity index (χ0v) is 12.8. The summed E-state index contributed by atoms with van der Waals surface area (Å²) in [5.74, 6) is 0. The number of nitrogens with zero attached hydrogens (tertiary/aromatic N) is 3. The van der Waals surface area contributed by atoms with Crippen molar-refractivity contribution in [3.63, 3.8) is 0 Å². The zero-order chi connectivity index (χ0) is 14.0. The van der Waals surface area contributed by atoms with Crippen LogP contribution in [0.2, 0.25) is 0 Å². The van der Waals surface area contributed by atoms with Crippen molar-refractivity contribution in [1.82, 2.24) is 14.3 Å². The summed E-state index contributed by atoms with van der Waals surface area (Å²) in [6, 6.07) is 2.67. The molecule has 0 spiro atoms. The van der Waals surface area contributed by atoms with E-state index in [0.717, 1.165) is 25.1 Å². The summed E-state index contributed by atoms with van der Waals surface area (Å²) in [5, 5.41) is 4.72. The van der Waals surface area contributed by atoms with Crippen LogP contribution < -0.4 is 0 Å². The van der Waals surface area contributed by atoms with E-state index in [1.165, 1.54) is 16.8 Å². The fourth-order valence-electron chi connectivity index (χ4n) is 2.59. The fraction of sp³-hybridized carbons (Fsp3) is 0.562. The molecule has 0 radical (unpaired) electrons. The van der Waals surface area contributed by atoms with Crippen molar-refractivity contribution in [2.45, 2.75) is 60.0 Å². The Morgan fingerprint density at radius 3 is 2.37 bits per heavy atom. The average Bonchev–Trinajstić information content (AvgIpc) is 2.94. The normalized spacial score (nSPS) is 11.5. The molecule has 0 aliphatic carbocycles. The molecule has 0 amide bonds. The molecule has 0 aromatic carbocycles. The summed E-state index contributed by atoms with van der Waals surface area (Å²) in [6.07, 6.45) is 6.61. The van der Waals surface area contributed by atoms with E-state index in [4.69, 9.17) is 5.10 Å². The van der Waals surface area contributed by atoms with E-state index in [0.29, 0.717) is 6.04 Å². The number of aryl methyl sites for hydroxylation is 1. The lowest BCUT2D eigenvalue weighted by Crippen LogP contribution is -2.09. The third-order valence-electron chi connectivity index (χ3n) is 4.23. The molecular formula is C16H25N3. The molecule has 0 fully saturated rings. The summed E-state index contributed by atoms with van der Waals surface area (Å²) in [4.78, 5) is 0. The second-order valence-corrected chi connectivity index (χ2v) is 5.41. The molecule has 0 N–H and O–H groups in total. The maximum absolute atomic E-state index is 4.72. The van der Waals surface area contributed by atoms with E-state index in [1.807, 2.05) is 0 Å². The highest BCUT2D eigenvalue weighted by Gasteiger charge is 2.10. The monoisotopic (exact) mass is 259 g/mol. The van der Waals surface area contributed by atoms with Gasteiger partial charge in [-0.25, -0.2) is 0 Å². The highest BCUT2D eigenvalue weighted by Crippen LogP contribution is 2.18. The highest BCUT2D eigenvalue weighted by molar-refractivity contribution is 5.29. The van der Waals surface area contributed by atoms with E-state index in [9.17, 15) is 0 Å². The maximum Gasteiger partial charge on any atom is 0.0821 e. The first-order valence-electron chi connectivity index (χ1n) is 7.23. The van der Waals surface area contributed by atoms with Gasteiger partial charge >= 0.3 is 0 Å². The molecular weight excluding hydrogens is 234 g/mol. The summed E-state index contributed by atoms with van der Waals surface area (Å²) in [7, 11) is 0. The second kappa shape index (κ2) is 5.64. The Morgan fingerprint density at radius 1 is 1.16 bits per heavy atom. The van der Waals surface area contributed by atoms with E-state index in [1.54, 1.807) is 0 Å². The molecule has 0 aliphatic heterocycles. The van der Waals surface area contributed by atoms with Crippen LogP contribution in [0.5, 0.6) is 0 Å². The Balaban J connectivity index is 2.18. The van der Waals surface area contributed by atoms with Gasteiger partial charge in [-0.05, 0) is 50.8 Å². The van der Waals surface area contributed by atoms with Crippen molar-refractivity contribution in [3.8, 4) is 0 Å². The molecule has 0 atom stereocenters. The summed E-state index contributed by atoms with van der Waals surface area (Å²) in [6.45, 7) is 11.8. The van der Waals surface area contributed by atoms with E-state index < -0.39 is 0 Å². The third kappa shape index (κ3) is 2.75. The number of hydrogen-bond donors (Lipinski definition) is 0. The predicted octanol–water partition coefficient (Wildman–Crippen LogP) is 4.02. The maximum atomic E-state index is 4.72.